The number of benzene rings is 2. The van der Waals surface area contributed by atoms with E-state index in [1.54, 1.807) is 6.07 Å². The number of phenolic OH excluding ortho intramolecular Hbond substituents is 1. The van der Waals surface area contributed by atoms with Gasteiger partial charge in [-0.25, -0.2) is 14.4 Å². The summed E-state index contributed by atoms with van der Waals surface area (Å²) in [7, 11) is 0. The van der Waals surface area contributed by atoms with E-state index in [2.05, 4.69) is 15.0 Å². The predicted molar refractivity (Wildman–Crippen MR) is 92.5 cm³/mol. The maximum absolute atomic E-state index is 13.8. The van der Waals surface area contributed by atoms with Crippen molar-refractivity contribution in [3.63, 3.8) is 0 Å². The molecule has 0 spiro atoms. The Balaban J connectivity index is 1.71. The van der Waals surface area contributed by atoms with Crippen molar-refractivity contribution in [1.29, 1.82) is 0 Å². The van der Waals surface area contributed by atoms with Crippen molar-refractivity contribution in [2.45, 2.75) is 6.18 Å². The highest BCUT2D eigenvalue weighted by atomic mass is 19.4. The number of nitrogens with one attached hydrogen (secondary N) is 1. The number of halogens is 4. The highest BCUT2D eigenvalue weighted by Crippen LogP contribution is 2.38. The molecule has 4 rings (SSSR count). The Morgan fingerprint density at radius 3 is 2.57 bits per heavy atom. The van der Waals surface area contributed by atoms with Crippen LogP contribution in [-0.4, -0.2) is 20.1 Å². The smallest absolute Gasteiger partial charge is 0.419 e. The minimum atomic E-state index is -4.71. The minimum Gasteiger partial charge on any atom is -0.507 e. The monoisotopic (exact) mass is 389 g/mol. The van der Waals surface area contributed by atoms with Crippen LogP contribution in [0.1, 0.15) is 5.56 Å². The van der Waals surface area contributed by atoms with E-state index in [4.69, 9.17) is 4.74 Å². The van der Waals surface area contributed by atoms with Crippen LogP contribution in [0.15, 0.2) is 54.9 Å². The number of nitrogens with zero attached hydrogens (tertiary/aromatic N) is 2. The lowest BCUT2D eigenvalue weighted by molar-refractivity contribution is -0.138. The second-order valence-electron chi connectivity index (χ2n) is 5.87. The summed E-state index contributed by atoms with van der Waals surface area (Å²) in [6, 6.07) is 8.85. The topological polar surface area (TPSA) is 71.0 Å². The van der Waals surface area contributed by atoms with Crippen molar-refractivity contribution in [2.75, 3.05) is 0 Å². The van der Waals surface area contributed by atoms with Crippen LogP contribution >= 0.6 is 0 Å². The third kappa shape index (κ3) is 3.22. The normalized spacial score (nSPS) is 11.7. The number of aromatic hydroxyl groups is 1. The summed E-state index contributed by atoms with van der Waals surface area (Å²) in [5.74, 6) is -1.11. The summed E-state index contributed by atoms with van der Waals surface area (Å²) in [6.45, 7) is 0. The van der Waals surface area contributed by atoms with Gasteiger partial charge >= 0.3 is 6.18 Å². The van der Waals surface area contributed by atoms with Crippen molar-refractivity contribution >= 4 is 11.0 Å². The zero-order valence-electron chi connectivity index (χ0n) is 14.0. The average Bonchev–Trinajstić information content (AvgIpc) is 3.05. The summed E-state index contributed by atoms with van der Waals surface area (Å²) in [6.07, 6.45) is -1.89. The highest BCUT2D eigenvalue weighted by molar-refractivity contribution is 5.84. The number of rotatable bonds is 3. The van der Waals surface area contributed by atoms with Crippen molar-refractivity contribution in [2.24, 2.45) is 0 Å². The molecule has 0 unspecified atom stereocenters. The number of H-pyrrole nitrogens is 1. The molecule has 28 heavy (non-hydrogen) atoms. The van der Waals surface area contributed by atoms with Crippen molar-refractivity contribution < 1.29 is 27.4 Å². The van der Waals surface area contributed by atoms with Crippen LogP contribution < -0.4 is 4.74 Å². The molecule has 9 heteroatoms. The predicted octanol–water partition coefficient (Wildman–Crippen LogP) is 5.28. The number of fused-ring (bicyclic) bond motifs is 1. The molecule has 0 saturated carbocycles. The molecule has 2 aromatic heterocycles. The lowest BCUT2D eigenvalue weighted by atomic mass is 10.1. The van der Waals surface area contributed by atoms with Gasteiger partial charge in [-0.05, 0) is 30.3 Å². The van der Waals surface area contributed by atoms with E-state index in [9.17, 15) is 22.7 Å². The van der Waals surface area contributed by atoms with Gasteiger partial charge in [-0.3, -0.25) is 0 Å². The Bertz CT molecular complexity index is 1170. The molecule has 4 aromatic rings. The van der Waals surface area contributed by atoms with E-state index >= 15 is 0 Å². The maximum atomic E-state index is 13.8. The quantitative estimate of drug-likeness (QED) is 0.468. The zero-order valence-corrected chi connectivity index (χ0v) is 14.0. The Morgan fingerprint density at radius 1 is 1.04 bits per heavy atom. The SMILES string of the molecule is Oc1ccc(-c2ncc3c(Oc4ccccc4F)c[nH]c3n2)cc1C(F)(F)F. The molecule has 0 aliphatic heterocycles. The first-order valence-corrected chi connectivity index (χ1v) is 8.00. The van der Waals surface area contributed by atoms with Gasteiger partial charge in [0.15, 0.2) is 23.1 Å². The van der Waals surface area contributed by atoms with Crippen LogP contribution in [0.2, 0.25) is 0 Å². The molecule has 0 amide bonds. The lowest BCUT2D eigenvalue weighted by Crippen LogP contribution is -2.05. The van der Waals surface area contributed by atoms with Crippen LogP contribution in [0.5, 0.6) is 17.2 Å². The molecule has 0 bridgehead atoms. The Kier molecular flexibility index (Phi) is 4.14. The zero-order chi connectivity index (χ0) is 19.9. The molecule has 2 heterocycles. The fourth-order valence-corrected chi connectivity index (χ4v) is 2.66. The molecular weight excluding hydrogens is 378 g/mol. The number of ether oxygens (including phenoxy) is 1. The average molecular weight is 389 g/mol. The molecule has 5 nitrogen and oxygen atoms in total. The first-order chi connectivity index (χ1) is 13.3. The van der Waals surface area contributed by atoms with Crippen molar-refractivity contribution in [3.8, 4) is 28.6 Å². The van der Waals surface area contributed by atoms with Crippen LogP contribution in [0, 0.1) is 5.82 Å². The van der Waals surface area contributed by atoms with Crippen LogP contribution in [0.3, 0.4) is 0 Å². The number of hydrogen-bond acceptors (Lipinski definition) is 4. The van der Waals surface area contributed by atoms with E-state index in [1.807, 2.05) is 0 Å². The summed E-state index contributed by atoms with van der Waals surface area (Å²) < 4.78 is 58.2. The largest absolute Gasteiger partial charge is 0.507 e. The van der Waals surface area contributed by atoms with Gasteiger partial charge in [0.05, 0.1) is 10.9 Å². The first kappa shape index (κ1) is 17.8. The summed E-state index contributed by atoms with van der Waals surface area (Å²) in [5, 5.41) is 9.87. The summed E-state index contributed by atoms with van der Waals surface area (Å²) in [5.41, 5.74) is -0.792. The second kappa shape index (κ2) is 6.52. The van der Waals surface area contributed by atoms with Gasteiger partial charge in [0.1, 0.15) is 11.4 Å². The van der Waals surface area contributed by atoms with E-state index in [0.717, 1.165) is 12.1 Å². The lowest BCUT2D eigenvalue weighted by Gasteiger charge is -2.10. The molecular formula is C19H11F4N3O2. The van der Waals surface area contributed by atoms with Crippen LogP contribution in [0.4, 0.5) is 17.6 Å². The highest BCUT2D eigenvalue weighted by Gasteiger charge is 2.34. The molecule has 0 radical (unpaired) electrons. The van der Waals surface area contributed by atoms with Crippen LogP contribution in [-0.2, 0) is 6.18 Å². The van der Waals surface area contributed by atoms with Gasteiger partial charge in [-0.2, -0.15) is 13.2 Å². The fourth-order valence-electron chi connectivity index (χ4n) is 2.66. The van der Waals surface area contributed by atoms with Gasteiger partial charge in [0.2, 0.25) is 0 Å². The van der Waals surface area contributed by atoms with E-state index in [1.165, 1.54) is 36.7 Å². The number of aromatic nitrogens is 3. The Labute approximate surface area is 155 Å². The van der Waals surface area contributed by atoms with E-state index in [-0.39, 0.29) is 22.9 Å². The second-order valence-corrected chi connectivity index (χ2v) is 5.87. The van der Waals surface area contributed by atoms with Crippen molar-refractivity contribution in [3.05, 3.63) is 66.2 Å². The number of hydrogen-bond donors (Lipinski definition) is 2. The number of phenols is 1. The first-order valence-electron chi connectivity index (χ1n) is 8.00. The molecule has 0 saturated heterocycles. The van der Waals surface area contributed by atoms with Gasteiger partial charge in [-0.15, -0.1) is 0 Å². The van der Waals surface area contributed by atoms with Gasteiger partial charge in [0.25, 0.3) is 0 Å². The molecule has 0 fully saturated rings. The molecule has 2 N–H and O–H groups in total. The fraction of sp³-hybridized carbons (Fsp3) is 0.0526. The summed E-state index contributed by atoms with van der Waals surface area (Å²) in [4.78, 5) is 11.1. The standard InChI is InChI=1S/C19H11F4N3O2/c20-13-3-1-2-4-15(13)28-16-9-25-18-11(16)8-24-17(26-18)10-5-6-14(27)12(7-10)19(21,22)23/h1-9,27H,(H,24,25,26). The molecule has 2 aromatic carbocycles. The number of alkyl halides is 3. The van der Waals surface area contributed by atoms with E-state index < -0.39 is 23.3 Å². The van der Waals surface area contributed by atoms with Gasteiger partial charge < -0.3 is 14.8 Å². The molecule has 142 valence electrons. The van der Waals surface area contributed by atoms with Crippen LogP contribution in [0.25, 0.3) is 22.4 Å². The van der Waals surface area contributed by atoms with Gasteiger partial charge in [0, 0.05) is 18.0 Å². The van der Waals surface area contributed by atoms with Gasteiger partial charge in [-0.1, -0.05) is 12.1 Å². The minimum absolute atomic E-state index is 0.0147. The third-order valence-corrected chi connectivity index (χ3v) is 4.01. The Morgan fingerprint density at radius 2 is 1.82 bits per heavy atom. The number of aromatic amines is 1. The molecule has 0 aliphatic carbocycles. The maximum Gasteiger partial charge on any atom is 0.419 e. The molecule has 0 atom stereocenters. The van der Waals surface area contributed by atoms with E-state index in [0.29, 0.717) is 11.0 Å². The Hall–Kier alpha value is -3.62. The molecule has 0 aliphatic rings. The third-order valence-electron chi connectivity index (χ3n) is 4.01. The number of para-hydroxylation sites is 1. The summed E-state index contributed by atoms with van der Waals surface area (Å²) >= 11 is 0. The van der Waals surface area contributed by atoms with Crippen molar-refractivity contribution in [1.82, 2.24) is 15.0 Å².